The van der Waals surface area contributed by atoms with Crippen LogP contribution in [0.25, 0.3) is 11.1 Å². The zero-order chi connectivity index (χ0) is 23.1. The first-order chi connectivity index (χ1) is 15.5. The van der Waals surface area contributed by atoms with Gasteiger partial charge in [0.1, 0.15) is 5.75 Å². The molecule has 1 N–H and O–H groups in total. The second kappa shape index (κ2) is 10.6. The van der Waals surface area contributed by atoms with Crippen molar-refractivity contribution in [1.82, 2.24) is 0 Å². The van der Waals surface area contributed by atoms with Gasteiger partial charge in [0.15, 0.2) is 0 Å². The molecule has 0 heterocycles. The van der Waals surface area contributed by atoms with Crippen LogP contribution in [0.1, 0.15) is 47.7 Å². The summed E-state index contributed by atoms with van der Waals surface area (Å²) in [4.78, 5) is 26.3. The maximum absolute atomic E-state index is 13.0. The molecule has 0 spiro atoms. The first kappa shape index (κ1) is 23.1. The summed E-state index contributed by atoms with van der Waals surface area (Å²) in [6.45, 7) is 4.32. The number of carboxylic acids is 1. The molecule has 0 aliphatic rings. The van der Waals surface area contributed by atoms with E-state index in [4.69, 9.17) is 4.74 Å². The van der Waals surface area contributed by atoms with Crippen LogP contribution in [0.5, 0.6) is 5.75 Å². The second-order valence-corrected chi connectivity index (χ2v) is 7.74. The third kappa shape index (κ3) is 5.17. The average molecular weight is 432 g/mol. The van der Waals surface area contributed by atoms with E-state index in [0.717, 1.165) is 40.8 Å². The maximum atomic E-state index is 13.0. The van der Waals surface area contributed by atoms with Crippen LogP contribution in [0, 0.1) is 6.92 Å². The van der Waals surface area contributed by atoms with E-state index in [2.05, 4.69) is 6.92 Å². The van der Waals surface area contributed by atoms with E-state index in [-0.39, 0.29) is 5.91 Å². The van der Waals surface area contributed by atoms with E-state index in [0.29, 0.717) is 24.3 Å². The summed E-state index contributed by atoms with van der Waals surface area (Å²) in [6, 6.07) is 20.8. The molecule has 0 saturated carbocycles. The maximum Gasteiger partial charge on any atom is 0.335 e. The highest BCUT2D eigenvalue weighted by molar-refractivity contribution is 5.95. The number of anilines is 1. The number of hydrogen-bond acceptors (Lipinski definition) is 3. The molecule has 5 nitrogen and oxygen atoms in total. The molecule has 0 atom stereocenters. The minimum atomic E-state index is -0.931. The van der Waals surface area contributed by atoms with Crippen molar-refractivity contribution < 1.29 is 19.4 Å². The lowest BCUT2D eigenvalue weighted by Crippen LogP contribution is -2.30. The smallest absolute Gasteiger partial charge is 0.335 e. The number of ether oxygens (including phenoxy) is 1. The molecule has 3 aromatic rings. The Morgan fingerprint density at radius 2 is 1.69 bits per heavy atom. The number of carbonyl (C=O) groups excluding carboxylic acids is 1. The summed E-state index contributed by atoms with van der Waals surface area (Å²) in [6.07, 6.45) is 2.27. The standard InChI is InChI=1S/C27H29NO4/c1-4-5-13-26(29)28(24-11-6-7-12-25(24)32-3)18-20-14-16-21(17-15-20)22-9-8-10-23(19(22)2)27(30)31/h6-12,14-17H,4-5,13,18H2,1-3H3,(H,30,31). The lowest BCUT2D eigenvalue weighted by molar-refractivity contribution is -0.118. The Morgan fingerprint density at radius 1 is 0.969 bits per heavy atom. The highest BCUT2D eigenvalue weighted by atomic mass is 16.5. The van der Waals surface area contributed by atoms with Crippen molar-refractivity contribution in [2.24, 2.45) is 0 Å². The van der Waals surface area contributed by atoms with Crippen molar-refractivity contribution in [2.45, 2.75) is 39.7 Å². The minimum absolute atomic E-state index is 0.0606. The third-order valence-corrected chi connectivity index (χ3v) is 5.59. The van der Waals surface area contributed by atoms with Gasteiger partial charge in [0, 0.05) is 6.42 Å². The molecule has 3 rings (SSSR count). The van der Waals surface area contributed by atoms with Gasteiger partial charge in [-0.05, 0) is 53.8 Å². The monoisotopic (exact) mass is 431 g/mol. The predicted octanol–water partition coefficient (Wildman–Crippen LogP) is 6.09. The fourth-order valence-corrected chi connectivity index (χ4v) is 3.78. The lowest BCUT2D eigenvalue weighted by Gasteiger charge is -2.25. The normalized spacial score (nSPS) is 10.6. The molecule has 32 heavy (non-hydrogen) atoms. The van der Waals surface area contributed by atoms with Gasteiger partial charge in [-0.3, -0.25) is 4.79 Å². The molecule has 166 valence electrons. The van der Waals surface area contributed by atoms with Crippen molar-refractivity contribution in [3.05, 3.63) is 83.4 Å². The number of para-hydroxylation sites is 2. The van der Waals surface area contributed by atoms with Crippen LogP contribution in [-0.4, -0.2) is 24.1 Å². The number of benzene rings is 3. The van der Waals surface area contributed by atoms with E-state index in [1.54, 1.807) is 24.1 Å². The fourth-order valence-electron chi connectivity index (χ4n) is 3.78. The minimum Gasteiger partial charge on any atom is -0.495 e. The van der Waals surface area contributed by atoms with Gasteiger partial charge in [-0.2, -0.15) is 0 Å². The number of unbranched alkanes of at least 4 members (excludes halogenated alkanes) is 1. The van der Waals surface area contributed by atoms with E-state index in [1.165, 1.54) is 0 Å². The third-order valence-electron chi connectivity index (χ3n) is 5.59. The van der Waals surface area contributed by atoms with Crippen molar-refractivity contribution in [3.8, 4) is 16.9 Å². The second-order valence-electron chi connectivity index (χ2n) is 7.74. The molecular weight excluding hydrogens is 402 g/mol. The topological polar surface area (TPSA) is 66.8 Å². The number of carbonyl (C=O) groups is 2. The van der Waals surface area contributed by atoms with Crippen molar-refractivity contribution in [1.29, 1.82) is 0 Å². The molecule has 0 radical (unpaired) electrons. The zero-order valence-electron chi connectivity index (χ0n) is 18.8. The molecular formula is C27H29NO4. The quantitative estimate of drug-likeness (QED) is 0.445. The van der Waals surface area contributed by atoms with Gasteiger partial charge in [0.2, 0.25) is 5.91 Å². The molecule has 1 amide bonds. The Labute approximate surface area is 189 Å². The van der Waals surface area contributed by atoms with Gasteiger partial charge in [-0.1, -0.05) is 61.9 Å². The van der Waals surface area contributed by atoms with Crippen LogP contribution in [0.4, 0.5) is 5.69 Å². The van der Waals surface area contributed by atoms with Crippen molar-refractivity contribution in [3.63, 3.8) is 0 Å². The summed E-state index contributed by atoms with van der Waals surface area (Å²) in [5.41, 5.74) is 4.60. The first-order valence-electron chi connectivity index (χ1n) is 10.8. The first-order valence-corrected chi connectivity index (χ1v) is 10.8. The van der Waals surface area contributed by atoms with Gasteiger partial charge >= 0.3 is 5.97 Å². The summed E-state index contributed by atoms with van der Waals surface area (Å²) < 4.78 is 5.50. The number of aromatic carboxylic acids is 1. The van der Waals surface area contributed by atoms with E-state index in [9.17, 15) is 14.7 Å². The number of hydrogen-bond donors (Lipinski definition) is 1. The average Bonchev–Trinajstić information content (AvgIpc) is 2.81. The Kier molecular flexibility index (Phi) is 7.66. The molecule has 0 aliphatic carbocycles. The number of rotatable bonds is 9. The highest BCUT2D eigenvalue weighted by Crippen LogP contribution is 2.31. The molecule has 0 saturated heterocycles. The molecule has 3 aromatic carbocycles. The van der Waals surface area contributed by atoms with Gasteiger partial charge < -0.3 is 14.7 Å². The summed E-state index contributed by atoms with van der Waals surface area (Å²) >= 11 is 0. The van der Waals surface area contributed by atoms with Crippen LogP contribution in [-0.2, 0) is 11.3 Å². The summed E-state index contributed by atoms with van der Waals surface area (Å²) in [5, 5.41) is 9.40. The largest absolute Gasteiger partial charge is 0.495 e. The highest BCUT2D eigenvalue weighted by Gasteiger charge is 2.19. The number of carboxylic acid groups (broad SMARTS) is 1. The van der Waals surface area contributed by atoms with Gasteiger partial charge in [-0.25, -0.2) is 4.79 Å². The number of amides is 1. The zero-order valence-corrected chi connectivity index (χ0v) is 18.8. The SMILES string of the molecule is CCCCC(=O)N(Cc1ccc(-c2cccc(C(=O)O)c2C)cc1)c1ccccc1OC. The molecule has 0 bridgehead atoms. The number of nitrogens with zero attached hydrogens (tertiary/aromatic N) is 1. The van der Waals surface area contributed by atoms with Crippen LogP contribution >= 0.6 is 0 Å². The Hall–Kier alpha value is -3.60. The van der Waals surface area contributed by atoms with Crippen LogP contribution in [0.15, 0.2) is 66.7 Å². The molecule has 0 unspecified atom stereocenters. The molecule has 0 aliphatic heterocycles. The summed E-state index contributed by atoms with van der Waals surface area (Å²) in [5.74, 6) is -0.209. The van der Waals surface area contributed by atoms with Crippen LogP contribution in [0.3, 0.4) is 0 Å². The van der Waals surface area contributed by atoms with Crippen LogP contribution < -0.4 is 9.64 Å². The van der Waals surface area contributed by atoms with Crippen LogP contribution in [0.2, 0.25) is 0 Å². The molecule has 0 aromatic heterocycles. The fraction of sp³-hybridized carbons (Fsp3) is 0.259. The van der Waals surface area contributed by atoms with E-state index >= 15 is 0 Å². The van der Waals surface area contributed by atoms with Gasteiger partial charge in [-0.15, -0.1) is 0 Å². The van der Waals surface area contributed by atoms with E-state index in [1.807, 2.05) is 61.5 Å². The van der Waals surface area contributed by atoms with E-state index < -0.39 is 5.97 Å². The summed E-state index contributed by atoms with van der Waals surface area (Å²) in [7, 11) is 1.61. The van der Waals surface area contributed by atoms with Gasteiger partial charge in [0.05, 0.1) is 24.9 Å². The Balaban J connectivity index is 1.90. The predicted molar refractivity (Wildman–Crippen MR) is 127 cm³/mol. The Morgan fingerprint density at radius 3 is 2.34 bits per heavy atom. The molecule has 0 fully saturated rings. The van der Waals surface area contributed by atoms with Gasteiger partial charge in [0.25, 0.3) is 0 Å². The molecule has 5 heteroatoms. The number of methoxy groups -OCH3 is 1. The van der Waals surface area contributed by atoms with Crippen molar-refractivity contribution >= 4 is 17.6 Å². The Bertz CT molecular complexity index is 1090. The van der Waals surface area contributed by atoms with Crippen molar-refractivity contribution in [2.75, 3.05) is 12.0 Å². The lowest BCUT2D eigenvalue weighted by atomic mass is 9.96.